The largest absolute Gasteiger partial charge is 0.494 e. The van der Waals surface area contributed by atoms with Crippen LogP contribution in [-0.2, 0) is 32.0 Å². The molecule has 0 atom stereocenters. The fourth-order valence-corrected chi connectivity index (χ4v) is 9.05. The van der Waals surface area contributed by atoms with Crippen molar-refractivity contribution in [3.05, 3.63) is 48.6 Å². The van der Waals surface area contributed by atoms with Gasteiger partial charge in [0.2, 0.25) is 5.88 Å². The topological polar surface area (TPSA) is 156 Å². The quantitative estimate of drug-likeness (QED) is 0.113. The van der Waals surface area contributed by atoms with Gasteiger partial charge in [-0.2, -0.15) is 0 Å². The molecule has 58 heavy (non-hydrogen) atoms. The van der Waals surface area contributed by atoms with Crippen LogP contribution < -0.4 is 27.4 Å². The van der Waals surface area contributed by atoms with Crippen LogP contribution in [-0.4, -0.2) is 178 Å². The average molecular weight is 805 g/mol. The molecule has 2 aromatic rings. The Labute approximate surface area is 338 Å². The maximum Gasteiger partial charge on any atom is 0.263 e. The third-order valence-corrected chi connectivity index (χ3v) is 12.3. The lowest BCUT2D eigenvalue weighted by Gasteiger charge is -2.27. The number of aromatic hydroxyl groups is 1. The Morgan fingerprint density at radius 3 is 1.59 bits per heavy atom. The number of ether oxygens (including phenoxy) is 4. The van der Waals surface area contributed by atoms with Gasteiger partial charge in [-0.1, -0.05) is 0 Å². The van der Waals surface area contributed by atoms with Crippen molar-refractivity contribution in [2.24, 2.45) is 4.99 Å². The second-order valence-corrected chi connectivity index (χ2v) is 16.0. The van der Waals surface area contributed by atoms with E-state index in [0.29, 0.717) is 116 Å². The highest BCUT2D eigenvalue weighted by atomic mass is 16.5. The van der Waals surface area contributed by atoms with Gasteiger partial charge in [0.15, 0.2) is 0 Å². The standard InChI is InChI=1S/C42H60N8O8/c51-39-31-29-33(43-5-1-7-45-13-21-55-22-14-45)37-35-32(40(52)49(41(37)53)11-3-9-47-17-25-57-26-18-47)30-34(44-6-2-8-46-15-23-56-24-16-46)38(36(31)35)42(54)50(39)12-4-10-48-19-27-58-28-20-48/h29-30,43,51H,1-28H2. The van der Waals surface area contributed by atoms with Crippen molar-refractivity contribution in [2.45, 2.75) is 38.8 Å². The second-order valence-electron chi connectivity index (χ2n) is 16.0. The number of nitrogens with zero attached hydrogens (tertiary/aromatic N) is 7. The minimum Gasteiger partial charge on any atom is -0.494 e. The van der Waals surface area contributed by atoms with Gasteiger partial charge in [0, 0.05) is 120 Å². The number of nitrogens with one attached hydrogen (secondary N) is 1. The fraction of sp³-hybridized carbons (Fsp3) is 0.667. The molecule has 5 aliphatic heterocycles. The summed E-state index contributed by atoms with van der Waals surface area (Å²) in [6.07, 6.45) is 2.87. The number of pyridine rings is 2. The molecule has 16 heteroatoms. The van der Waals surface area contributed by atoms with Crippen LogP contribution in [0.3, 0.4) is 0 Å². The Morgan fingerprint density at radius 2 is 1.03 bits per heavy atom. The van der Waals surface area contributed by atoms with E-state index in [9.17, 15) is 19.5 Å². The van der Waals surface area contributed by atoms with Gasteiger partial charge in [0.05, 0.1) is 74.5 Å². The molecule has 2 N–H and O–H groups in total. The summed E-state index contributed by atoms with van der Waals surface area (Å²) in [5.41, 5.74) is 0.162. The van der Waals surface area contributed by atoms with Crippen LogP contribution in [0.1, 0.15) is 25.7 Å². The van der Waals surface area contributed by atoms with E-state index < -0.39 is 5.56 Å². The van der Waals surface area contributed by atoms with Gasteiger partial charge < -0.3 is 29.4 Å². The van der Waals surface area contributed by atoms with Gasteiger partial charge in [0.25, 0.3) is 16.7 Å². The molecule has 0 bridgehead atoms. The van der Waals surface area contributed by atoms with Gasteiger partial charge in [-0.15, -0.1) is 0 Å². The first-order valence-electron chi connectivity index (χ1n) is 21.5. The van der Waals surface area contributed by atoms with Crippen LogP contribution in [0, 0.1) is 0 Å². The molecule has 316 valence electrons. The number of anilines is 1. The fourth-order valence-electron chi connectivity index (χ4n) is 9.05. The first-order valence-corrected chi connectivity index (χ1v) is 21.5. The van der Waals surface area contributed by atoms with Gasteiger partial charge >= 0.3 is 0 Å². The third-order valence-electron chi connectivity index (χ3n) is 12.3. The molecule has 6 heterocycles. The van der Waals surface area contributed by atoms with Gasteiger partial charge in [-0.25, -0.2) is 0 Å². The Hall–Kier alpha value is -3.74. The number of aromatic nitrogens is 2. The summed E-state index contributed by atoms with van der Waals surface area (Å²) >= 11 is 0. The average Bonchev–Trinajstić information content (AvgIpc) is 3.26. The van der Waals surface area contributed by atoms with Crippen LogP contribution in [0.4, 0.5) is 5.69 Å². The summed E-state index contributed by atoms with van der Waals surface area (Å²) in [5, 5.41) is 17.6. The van der Waals surface area contributed by atoms with E-state index in [1.807, 2.05) is 6.07 Å². The zero-order valence-electron chi connectivity index (χ0n) is 33.9. The van der Waals surface area contributed by atoms with Gasteiger partial charge in [0.1, 0.15) is 0 Å². The third kappa shape index (κ3) is 9.19. The summed E-state index contributed by atoms with van der Waals surface area (Å²) in [4.78, 5) is 58.3. The molecule has 1 aromatic carbocycles. The lowest BCUT2D eigenvalue weighted by Crippen LogP contribution is -2.40. The van der Waals surface area contributed by atoms with Crippen LogP contribution in [0.15, 0.2) is 31.5 Å². The second kappa shape index (κ2) is 19.5. The number of hydrogen-bond donors (Lipinski definition) is 2. The zero-order chi connectivity index (χ0) is 39.8. The predicted molar refractivity (Wildman–Crippen MR) is 223 cm³/mol. The van der Waals surface area contributed by atoms with Crippen molar-refractivity contribution in [1.82, 2.24) is 28.7 Å². The lowest BCUT2D eigenvalue weighted by molar-refractivity contribution is 0.0368. The molecule has 0 spiro atoms. The van der Waals surface area contributed by atoms with E-state index in [4.69, 9.17) is 23.9 Å². The molecule has 8 rings (SSSR count). The van der Waals surface area contributed by atoms with Crippen LogP contribution in [0.25, 0.3) is 32.7 Å². The van der Waals surface area contributed by atoms with E-state index in [1.165, 1.54) is 9.13 Å². The minimum absolute atomic E-state index is 0.161. The molecular weight excluding hydrogens is 745 g/mol. The summed E-state index contributed by atoms with van der Waals surface area (Å²) in [5.74, 6) is -0.161. The molecule has 0 radical (unpaired) electrons. The van der Waals surface area contributed by atoms with Crippen molar-refractivity contribution in [2.75, 3.05) is 150 Å². The van der Waals surface area contributed by atoms with E-state index in [1.54, 1.807) is 6.07 Å². The number of hydrogen-bond acceptors (Lipinski definition) is 14. The monoisotopic (exact) mass is 804 g/mol. The minimum atomic E-state index is -0.397. The van der Waals surface area contributed by atoms with Gasteiger partial charge in [-0.3, -0.25) is 48.1 Å². The molecule has 1 aliphatic carbocycles. The Morgan fingerprint density at radius 1 is 0.552 bits per heavy atom. The van der Waals surface area contributed by atoms with Crippen molar-refractivity contribution in [1.29, 1.82) is 0 Å². The SMILES string of the molecule is O=c1c2c(=NCCCN3CCOCC3)cc3c(=O)n(CCCN4CCOCC4)c(=O)c4c(NCCCN5CCOCC5)cc(c(O)n1CCCN1CCOCC1)c2c4-3. The number of benzene rings is 2. The summed E-state index contributed by atoms with van der Waals surface area (Å²) in [6, 6.07) is 3.55. The Bertz CT molecular complexity index is 2170. The first kappa shape index (κ1) is 41.0. The van der Waals surface area contributed by atoms with Crippen LogP contribution in [0.5, 0.6) is 5.88 Å². The molecular formula is C42H60N8O8. The Balaban J connectivity index is 1.21. The van der Waals surface area contributed by atoms with E-state index in [2.05, 4.69) is 24.9 Å². The number of rotatable bonds is 17. The molecule has 16 nitrogen and oxygen atoms in total. The Kier molecular flexibility index (Phi) is 13.8. The maximum atomic E-state index is 14.7. The molecule has 0 saturated carbocycles. The zero-order valence-corrected chi connectivity index (χ0v) is 33.9. The first-order chi connectivity index (χ1) is 28.5. The van der Waals surface area contributed by atoms with Crippen molar-refractivity contribution in [3.63, 3.8) is 0 Å². The molecule has 0 amide bonds. The highest BCUT2D eigenvalue weighted by Crippen LogP contribution is 2.40. The van der Waals surface area contributed by atoms with Crippen molar-refractivity contribution >= 4 is 27.2 Å². The van der Waals surface area contributed by atoms with E-state index >= 15 is 0 Å². The highest BCUT2D eigenvalue weighted by molar-refractivity contribution is 6.18. The van der Waals surface area contributed by atoms with E-state index in [0.717, 1.165) is 105 Å². The molecule has 1 aromatic heterocycles. The molecule has 0 unspecified atom stereocenters. The molecule has 6 aliphatic rings. The smallest absolute Gasteiger partial charge is 0.263 e. The van der Waals surface area contributed by atoms with Crippen molar-refractivity contribution < 1.29 is 24.1 Å². The van der Waals surface area contributed by atoms with Crippen LogP contribution in [0.2, 0.25) is 0 Å². The van der Waals surface area contributed by atoms with Crippen LogP contribution >= 0.6 is 0 Å². The maximum absolute atomic E-state index is 14.7. The normalized spacial score (nSPS) is 20.0. The predicted octanol–water partition coefficient (Wildman–Crippen LogP) is 0.564. The summed E-state index contributed by atoms with van der Waals surface area (Å²) in [6.45, 7) is 17.2. The van der Waals surface area contributed by atoms with Crippen molar-refractivity contribution in [3.8, 4) is 17.0 Å². The molecule has 4 saturated heterocycles. The highest BCUT2D eigenvalue weighted by Gasteiger charge is 2.29. The van der Waals surface area contributed by atoms with Gasteiger partial charge in [-0.05, 0) is 44.4 Å². The summed E-state index contributed by atoms with van der Waals surface area (Å²) in [7, 11) is 0. The lowest BCUT2D eigenvalue weighted by atomic mass is 9.89. The molecule has 4 fully saturated rings. The summed E-state index contributed by atoms with van der Waals surface area (Å²) < 4.78 is 24.9. The van der Waals surface area contributed by atoms with E-state index in [-0.39, 0.29) is 23.5 Å². The number of morpholine rings is 4.